The molecule has 0 spiro atoms. The van der Waals surface area contributed by atoms with Crippen LogP contribution < -0.4 is 16.2 Å². The molecule has 18 heavy (non-hydrogen) atoms. The van der Waals surface area contributed by atoms with Gasteiger partial charge in [-0.15, -0.1) is 0 Å². The van der Waals surface area contributed by atoms with Crippen LogP contribution in [-0.4, -0.2) is 28.3 Å². The Labute approximate surface area is 108 Å². The molecule has 2 rings (SSSR count). The van der Waals surface area contributed by atoms with Crippen molar-refractivity contribution in [3.63, 3.8) is 0 Å². The van der Waals surface area contributed by atoms with E-state index in [1.807, 2.05) is 18.2 Å². The Hall–Kier alpha value is -2.08. The van der Waals surface area contributed by atoms with Crippen molar-refractivity contribution in [2.45, 2.75) is 0 Å². The second-order valence-corrected chi connectivity index (χ2v) is 3.87. The predicted octanol–water partition coefficient (Wildman–Crippen LogP) is 1.34. The number of aromatic nitrogens is 3. The number of nitrogens with zero attached hydrogens (tertiary/aromatic N) is 2. The Morgan fingerprint density at radius 3 is 2.89 bits per heavy atom. The molecule has 2 aromatic heterocycles. The van der Waals surface area contributed by atoms with Crippen LogP contribution in [0.1, 0.15) is 0 Å². The minimum atomic E-state index is -0.403. The molecule has 0 radical (unpaired) electrons. The summed E-state index contributed by atoms with van der Waals surface area (Å²) in [5.41, 5.74) is 0.114. The third-order valence-corrected chi connectivity index (χ3v) is 2.58. The molecule has 6 nitrogen and oxygen atoms in total. The van der Waals surface area contributed by atoms with Crippen molar-refractivity contribution >= 4 is 23.1 Å². The molecule has 2 heterocycles. The van der Waals surface area contributed by atoms with Gasteiger partial charge >= 0.3 is 0 Å². The molecule has 0 aliphatic carbocycles. The number of H-pyrrole nitrogens is 1. The van der Waals surface area contributed by atoms with Crippen molar-refractivity contribution in [2.75, 3.05) is 23.7 Å². The minimum Gasteiger partial charge on any atom is -0.381 e. The number of aromatic amines is 1. The average Bonchev–Trinajstić information content (AvgIpc) is 2.40. The molecule has 0 saturated carbocycles. The first-order valence-electron chi connectivity index (χ1n) is 5.39. The Bertz CT molecular complexity index is 557. The third kappa shape index (κ3) is 3.21. The lowest BCUT2D eigenvalue weighted by Gasteiger charge is -2.08. The Balaban J connectivity index is 1.82. The van der Waals surface area contributed by atoms with E-state index < -0.39 is 5.56 Å². The van der Waals surface area contributed by atoms with Gasteiger partial charge in [0.05, 0.1) is 11.9 Å². The quantitative estimate of drug-likeness (QED) is 0.711. The lowest BCUT2D eigenvalue weighted by molar-refractivity contribution is 0.978. The fourth-order valence-electron chi connectivity index (χ4n) is 1.36. The van der Waals surface area contributed by atoms with E-state index in [9.17, 15) is 4.79 Å². The molecular weight excluding hydrogens is 254 g/mol. The molecular formula is C11H12ClN5O. The van der Waals surface area contributed by atoms with Crippen molar-refractivity contribution in [2.24, 2.45) is 0 Å². The van der Waals surface area contributed by atoms with Gasteiger partial charge in [-0.05, 0) is 12.1 Å². The van der Waals surface area contributed by atoms with Gasteiger partial charge in [0.1, 0.15) is 10.8 Å². The number of hydrogen-bond donors (Lipinski definition) is 3. The lowest BCUT2D eigenvalue weighted by Crippen LogP contribution is -2.17. The van der Waals surface area contributed by atoms with Crippen LogP contribution in [0.5, 0.6) is 0 Å². The molecule has 0 unspecified atom stereocenters. The fourth-order valence-corrected chi connectivity index (χ4v) is 1.52. The van der Waals surface area contributed by atoms with Crippen molar-refractivity contribution in [3.05, 3.63) is 46.0 Å². The summed E-state index contributed by atoms with van der Waals surface area (Å²) in [6, 6.07) is 5.63. The number of rotatable bonds is 5. The number of nitrogens with one attached hydrogen (secondary N) is 3. The largest absolute Gasteiger partial charge is 0.381 e. The molecule has 0 saturated heterocycles. The highest BCUT2D eigenvalue weighted by Gasteiger charge is 2.03. The Morgan fingerprint density at radius 2 is 2.11 bits per heavy atom. The molecule has 7 heteroatoms. The first-order valence-corrected chi connectivity index (χ1v) is 5.77. The summed E-state index contributed by atoms with van der Waals surface area (Å²) < 4.78 is 0. The molecule has 0 bridgehead atoms. The van der Waals surface area contributed by atoms with Gasteiger partial charge in [0, 0.05) is 19.3 Å². The van der Waals surface area contributed by atoms with E-state index in [4.69, 9.17) is 11.6 Å². The van der Waals surface area contributed by atoms with Crippen LogP contribution in [0.2, 0.25) is 5.02 Å². The lowest BCUT2D eigenvalue weighted by atomic mass is 10.4. The molecule has 0 atom stereocenters. The van der Waals surface area contributed by atoms with Crippen molar-refractivity contribution in [3.8, 4) is 0 Å². The molecule has 0 aliphatic rings. The second-order valence-electron chi connectivity index (χ2n) is 3.50. The van der Waals surface area contributed by atoms with Gasteiger partial charge in [0.2, 0.25) is 0 Å². The van der Waals surface area contributed by atoms with E-state index in [0.717, 1.165) is 5.82 Å². The molecule has 2 aromatic rings. The van der Waals surface area contributed by atoms with Crippen LogP contribution in [0.4, 0.5) is 11.5 Å². The van der Waals surface area contributed by atoms with Crippen LogP contribution in [0.3, 0.4) is 0 Å². The van der Waals surface area contributed by atoms with E-state index in [0.29, 0.717) is 18.8 Å². The Kier molecular flexibility index (Phi) is 4.14. The summed E-state index contributed by atoms with van der Waals surface area (Å²) in [4.78, 5) is 15.3. The van der Waals surface area contributed by atoms with E-state index in [1.165, 1.54) is 6.20 Å². The smallest absolute Gasteiger partial charge is 0.285 e. The van der Waals surface area contributed by atoms with Crippen molar-refractivity contribution in [1.82, 2.24) is 15.2 Å². The fraction of sp³-hybridized carbons (Fsp3) is 0.182. The highest BCUT2D eigenvalue weighted by molar-refractivity contribution is 6.32. The van der Waals surface area contributed by atoms with Crippen LogP contribution in [0, 0.1) is 0 Å². The van der Waals surface area contributed by atoms with Gasteiger partial charge in [-0.3, -0.25) is 4.79 Å². The van der Waals surface area contributed by atoms with Gasteiger partial charge in [-0.25, -0.2) is 10.1 Å². The number of hydrogen-bond acceptors (Lipinski definition) is 5. The molecule has 0 aromatic carbocycles. The zero-order valence-corrected chi connectivity index (χ0v) is 10.2. The zero-order chi connectivity index (χ0) is 12.8. The van der Waals surface area contributed by atoms with Crippen LogP contribution in [0.15, 0.2) is 35.4 Å². The predicted molar refractivity (Wildman–Crippen MR) is 71.1 cm³/mol. The van der Waals surface area contributed by atoms with Crippen molar-refractivity contribution in [1.29, 1.82) is 0 Å². The van der Waals surface area contributed by atoms with Crippen LogP contribution in [0.25, 0.3) is 0 Å². The monoisotopic (exact) mass is 265 g/mol. The Morgan fingerprint density at radius 1 is 1.28 bits per heavy atom. The highest BCUT2D eigenvalue weighted by atomic mass is 35.5. The second kappa shape index (κ2) is 6.02. The van der Waals surface area contributed by atoms with E-state index in [1.54, 1.807) is 6.20 Å². The maximum absolute atomic E-state index is 11.2. The van der Waals surface area contributed by atoms with Gasteiger partial charge in [-0.2, -0.15) is 5.10 Å². The maximum Gasteiger partial charge on any atom is 0.285 e. The molecule has 94 valence electrons. The summed E-state index contributed by atoms with van der Waals surface area (Å²) in [7, 11) is 0. The van der Waals surface area contributed by atoms with Gasteiger partial charge in [-0.1, -0.05) is 17.7 Å². The van der Waals surface area contributed by atoms with E-state index in [-0.39, 0.29) is 5.02 Å². The zero-order valence-electron chi connectivity index (χ0n) is 9.48. The number of pyridine rings is 1. The SMILES string of the molecule is O=c1[nH]ncc(NCCNc2ccccn2)c1Cl. The molecule has 0 aliphatic heterocycles. The summed E-state index contributed by atoms with van der Waals surface area (Å²) in [6.45, 7) is 1.25. The van der Waals surface area contributed by atoms with Crippen LogP contribution in [-0.2, 0) is 0 Å². The summed E-state index contributed by atoms with van der Waals surface area (Å²) in [5.74, 6) is 0.800. The number of anilines is 2. The third-order valence-electron chi connectivity index (χ3n) is 2.21. The maximum atomic E-state index is 11.2. The minimum absolute atomic E-state index is 0.114. The summed E-state index contributed by atoms with van der Waals surface area (Å²) >= 11 is 5.81. The number of halogens is 1. The van der Waals surface area contributed by atoms with E-state index in [2.05, 4.69) is 25.8 Å². The first kappa shape index (κ1) is 12.4. The topological polar surface area (TPSA) is 82.7 Å². The molecule has 0 amide bonds. The van der Waals surface area contributed by atoms with Gasteiger partial charge in [0.15, 0.2) is 0 Å². The average molecular weight is 266 g/mol. The van der Waals surface area contributed by atoms with E-state index >= 15 is 0 Å². The molecule has 0 fully saturated rings. The van der Waals surface area contributed by atoms with Gasteiger partial charge < -0.3 is 10.6 Å². The normalized spacial score (nSPS) is 10.1. The highest BCUT2D eigenvalue weighted by Crippen LogP contribution is 2.13. The summed E-state index contributed by atoms with van der Waals surface area (Å²) in [6.07, 6.45) is 3.19. The van der Waals surface area contributed by atoms with Gasteiger partial charge in [0.25, 0.3) is 5.56 Å². The standard InChI is InChI=1S/C11H12ClN5O/c12-10-8(7-16-17-11(10)18)13-5-6-15-9-3-1-2-4-14-9/h1-4,7H,5-6H2,(H,14,15)(H2,13,17,18). The van der Waals surface area contributed by atoms with Crippen LogP contribution >= 0.6 is 11.6 Å². The molecule has 3 N–H and O–H groups in total. The first-order chi connectivity index (χ1) is 8.77. The summed E-state index contributed by atoms with van der Waals surface area (Å²) in [5, 5.41) is 12.2. The van der Waals surface area contributed by atoms with Crippen molar-refractivity contribution < 1.29 is 0 Å².